The van der Waals surface area contributed by atoms with Gasteiger partial charge >= 0.3 is 4.94 Å². The first-order valence-corrected chi connectivity index (χ1v) is 11.8. The van der Waals surface area contributed by atoms with E-state index < -0.39 is 20.9 Å². The maximum absolute atomic E-state index is 13.8. The average molecular weight is 470 g/mol. The number of nitrogens with zero attached hydrogens (tertiary/aromatic N) is 1. The first kappa shape index (κ1) is 21.8. The molecule has 1 heterocycles. The Bertz CT molecular complexity index is 1480. The van der Waals surface area contributed by atoms with Crippen LogP contribution < -0.4 is 14.0 Å². The Balaban J connectivity index is 1.93. The number of aryl methyl sites for hydroxylation is 2. The number of carbonyl (C=O) groups excluding carboxylic acids is 1. The van der Waals surface area contributed by atoms with Gasteiger partial charge in [-0.1, -0.05) is 23.5 Å². The van der Waals surface area contributed by atoms with E-state index in [2.05, 4.69) is 0 Å². The van der Waals surface area contributed by atoms with Crippen LogP contribution in [0, 0.1) is 13.8 Å². The van der Waals surface area contributed by atoms with Crippen LogP contribution in [0.1, 0.15) is 21.5 Å². The van der Waals surface area contributed by atoms with E-state index in [1.54, 1.807) is 38.1 Å². The number of ether oxygens (including phenoxy) is 1. The largest absolute Gasteiger partial charge is 0.497 e. The molecule has 0 aliphatic carbocycles. The molecule has 0 aliphatic rings. The lowest BCUT2D eigenvalue weighted by Crippen LogP contribution is -2.37. The third-order valence-electron chi connectivity index (χ3n) is 4.93. The van der Waals surface area contributed by atoms with Gasteiger partial charge in [-0.25, -0.2) is 13.2 Å². The summed E-state index contributed by atoms with van der Waals surface area (Å²) in [7, 11) is -2.78. The molecule has 3 aromatic carbocycles. The molecule has 4 rings (SSSR count). The molecule has 0 N–H and O–H groups in total. The molecule has 0 spiro atoms. The third kappa shape index (κ3) is 3.92. The highest BCUT2D eigenvalue weighted by molar-refractivity contribution is 7.93. The Kier molecular flexibility index (Phi) is 5.62. The molecule has 0 radical (unpaired) electrons. The van der Waals surface area contributed by atoms with E-state index in [1.807, 2.05) is 0 Å². The smallest absolute Gasteiger partial charge is 0.396 e. The second kappa shape index (κ2) is 8.25. The van der Waals surface area contributed by atoms with E-state index >= 15 is 0 Å². The van der Waals surface area contributed by atoms with Gasteiger partial charge in [0.1, 0.15) is 11.3 Å². The summed E-state index contributed by atoms with van der Waals surface area (Å²) in [5.74, 6) is -0.196. The molecular formula is C23H19NO6S2. The average Bonchev–Trinajstić information content (AvgIpc) is 3.14. The third-order valence-corrected chi connectivity index (χ3v) is 7.57. The molecule has 0 saturated carbocycles. The van der Waals surface area contributed by atoms with Gasteiger partial charge in [-0.3, -0.25) is 4.79 Å². The molecule has 0 bridgehead atoms. The zero-order valence-corrected chi connectivity index (χ0v) is 19.1. The van der Waals surface area contributed by atoms with Crippen LogP contribution in [0.5, 0.6) is 5.75 Å². The van der Waals surface area contributed by atoms with E-state index in [0.29, 0.717) is 21.6 Å². The van der Waals surface area contributed by atoms with Crippen molar-refractivity contribution < 1.29 is 22.4 Å². The molecule has 164 valence electrons. The number of anilines is 1. The molecule has 9 heteroatoms. The van der Waals surface area contributed by atoms with E-state index in [-0.39, 0.29) is 16.1 Å². The van der Waals surface area contributed by atoms with E-state index in [1.165, 1.54) is 43.5 Å². The Morgan fingerprint density at radius 3 is 2.41 bits per heavy atom. The lowest BCUT2D eigenvalue weighted by molar-refractivity contribution is 0.101. The Morgan fingerprint density at radius 2 is 1.72 bits per heavy atom. The molecular weight excluding hydrogens is 450 g/mol. The quantitative estimate of drug-likeness (QED) is 0.427. The van der Waals surface area contributed by atoms with Gasteiger partial charge < -0.3 is 9.15 Å². The number of hydrogen-bond acceptors (Lipinski definition) is 7. The van der Waals surface area contributed by atoms with Gasteiger partial charge in [0.05, 0.1) is 22.4 Å². The first-order valence-electron chi connectivity index (χ1n) is 9.55. The van der Waals surface area contributed by atoms with Crippen LogP contribution in [-0.2, 0) is 10.0 Å². The maximum Gasteiger partial charge on any atom is 0.396 e. The maximum atomic E-state index is 13.8. The Hall–Kier alpha value is -3.43. The van der Waals surface area contributed by atoms with Crippen LogP contribution in [0.4, 0.5) is 5.69 Å². The van der Waals surface area contributed by atoms with Crippen LogP contribution in [0.25, 0.3) is 10.3 Å². The molecule has 0 fully saturated rings. The van der Waals surface area contributed by atoms with Crippen molar-refractivity contribution in [2.24, 2.45) is 0 Å². The van der Waals surface area contributed by atoms with Crippen LogP contribution >= 0.6 is 11.3 Å². The number of fused-ring (bicyclic) bond motifs is 1. The summed E-state index contributed by atoms with van der Waals surface area (Å²) in [6.07, 6.45) is 0. The summed E-state index contributed by atoms with van der Waals surface area (Å²) >= 11 is 0.837. The topological polar surface area (TPSA) is 93.9 Å². The molecule has 0 atom stereocenters. The summed E-state index contributed by atoms with van der Waals surface area (Å²) in [5.41, 5.74) is 1.85. The summed E-state index contributed by atoms with van der Waals surface area (Å²) in [6.45, 7) is 3.45. The van der Waals surface area contributed by atoms with Crippen molar-refractivity contribution in [3.8, 4) is 5.75 Å². The fourth-order valence-electron chi connectivity index (χ4n) is 3.29. The molecule has 32 heavy (non-hydrogen) atoms. The van der Waals surface area contributed by atoms with Gasteiger partial charge in [0.25, 0.3) is 15.9 Å². The van der Waals surface area contributed by atoms with Crippen molar-refractivity contribution in [3.05, 3.63) is 87.1 Å². The van der Waals surface area contributed by atoms with Crippen LogP contribution in [0.3, 0.4) is 0 Å². The number of benzene rings is 3. The minimum Gasteiger partial charge on any atom is -0.497 e. The van der Waals surface area contributed by atoms with Crippen molar-refractivity contribution in [2.45, 2.75) is 18.7 Å². The van der Waals surface area contributed by atoms with Crippen molar-refractivity contribution in [3.63, 3.8) is 0 Å². The summed E-state index contributed by atoms with van der Waals surface area (Å²) in [4.78, 5) is 24.7. The van der Waals surface area contributed by atoms with E-state index in [9.17, 15) is 18.0 Å². The highest BCUT2D eigenvalue weighted by atomic mass is 32.2. The van der Waals surface area contributed by atoms with Gasteiger partial charge in [-0.15, -0.1) is 0 Å². The SMILES string of the molecule is COc1ccc(C(=O)N(c2ccc3oc(=O)sc3c2)S(=O)(=O)c2cc(C)ccc2C)cc1. The molecule has 0 saturated heterocycles. The number of methoxy groups -OCH3 is 1. The summed E-state index contributed by atoms with van der Waals surface area (Å²) in [5, 5.41) is 0. The van der Waals surface area contributed by atoms with Gasteiger partial charge in [0.15, 0.2) is 0 Å². The first-order chi connectivity index (χ1) is 15.2. The monoisotopic (exact) mass is 469 g/mol. The van der Waals surface area contributed by atoms with Gasteiger partial charge in [-0.2, -0.15) is 4.31 Å². The highest BCUT2D eigenvalue weighted by Crippen LogP contribution is 2.31. The predicted octanol–water partition coefficient (Wildman–Crippen LogP) is 4.52. The van der Waals surface area contributed by atoms with Crippen molar-refractivity contribution in [2.75, 3.05) is 11.4 Å². The normalized spacial score (nSPS) is 11.5. The predicted molar refractivity (Wildman–Crippen MR) is 123 cm³/mol. The zero-order chi connectivity index (χ0) is 23.0. The second-order valence-electron chi connectivity index (χ2n) is 7.16. The van der Waals surface area contributed by atoms with Crippen molar-refractivity contribution in [1.29, 1.82) is 0 Å². The summed E-state index contributed by atoms with van der Waals surface area (Å²) in [6, 6.07) is 15.6. The molecule has 4 aromatic rings. The van der Waals surface area contributed by atoms with Crippen LogP contribution in [0.2, 0.25) is 0 Å². The van der Waals surface area contributed by atoms with Crippen molar-refractivity contribution >= 4 is 43.2 Å². The number of hydrogen-bond donors (Lipinski definition) is 0. The molecule has 7 nitrogen and oxygen atoms in total. The second-order valence-corrected chi connectivity index (χ2v) is 9.89. The fourth-order valence-corrected chi connectivity index (χ4v) is 5.71. The van der Waals surface area contributed by atoms with Crippen molar-refractivity contribution in [1.82, 2.24) is 0 Å². The highest BCUT2D eigenvalue weighted by Gasteiger charge is 2.33. The van der Waals surface area contributed by atoms with Gasteiger partial charge in [0, 0.05) is 5.56 Å². The molecule has 1 aromatic heterocycles. The minimum absolute atomic E-state index is 0.0276. The number of amides is 1. The zero-order valence-electron chi connectivity index (χ0n) is 17.5. The Morgan fingerprint density at radius 1 is 1.00 bits per heavy atom. The van der Waals surface area contributed by atoms with E-state index in [4.69, 9.17) is 9.15 Å². The Labute approximate surface area is 188 Å². The van der Waals surface area contributed by atoms with E-state index in [0.717, 1.165) is 21.2 Å². The summed E-state index contributed by atoms with van der Waals surface area (Å²) < 4.78 is 39.0. The molecule has 1 amide bonds. The standard InChI is InChI=1S/C23H19NO6S2/c1-14-4-5-15(2)21(12-14)32(27,28)24(22(25)16-6-9-18(29-3)10-7-16)17-8-11-19-20(13-17)31-23(26)30-19/h4-13H,1-3H3. The van der Waals surface area contributed by atoms with Crippen LogP contribution in [-0.4, -0.2) is 21.4 Å². The molecule has 0 aliphatic heterocycles. The number of rotatable bonds is 5. The lowest BCUT2D eigenvalue weighted by atomic mass is 10.2. The van der Waals surface area contributed by atoms with Gasteiger partial charge in [-0.05, 0) is 73.5 Å². The van der Waals surface area contributed by atoms with Gasteiger partial charge in [0.2, 0.25) is 0 Å². The minimum atomic E-state index is -4.28. The van der Waals surface area contributed by atoms with Crippen LogP contribution in [0.15, 0.2) is 74.8 Å². The number of carbonyl (C=O) groups is 1. The molecule has 0 unspecified atom stereocenters. The number of sulfonamides is 1. The fraction of sp³-hybridized carbons (Fsp3) is 0.130. The lowest BCUT2D eigenvalue weighted by Gasteiger charge is -2.24.